The van der Waals surface area contributed by atoms with Gasteiger partial charge in [-0.1, -0.05) is 42.0 Å². The Balaban J connectivity index is 2.18. The van der Waals surface area contributed by atoms with Crippen LogP contribution in [-0.2, 0) is 16.0 Å². The molecule has 22 heavy (non-hydrogen) atoms. The summed E-state index contributed by atoms with van der Waals surface area (Å²) < 4.78 is 0. The molecule has 0 bridgehead atoms. The van der Waals surface area contributed by atoms with Gasteiger partial charge in [-0.05, 0) is 44.1 Å². The van der Waals surface area contributed by atoms with E-state index < -0.39 is 17.8 Å². The number of benzene rings is 1. The third-order valence-electron chi connectivity index (χ3n) is 4.36. The SMILES string of the molecule is NC(=O)[C@@H](C(=O)O)[C@@H](CCc1ccccc1)C1=CCCCC1. The van der Waals surface area contributed by atoms with E-state index in [9.17, 15) is 14.7 Å². The van der Waals surface area contributed by atoms with Gasteiger partial charge in [-0.2, -0.15) is 0 Å². The molecule has 0 aliphatic heterocycles. The van der Waals surface area contributed by atoms with Crippen LogP contribution in [0.15, 0.2) is 42.0 Å². The largest absolute Gasteiger partial charge is 0.481 e. The van der Waals surface area contributed by atoms with E-state index in [0.29, 0.717) is 6.42 Å². The molecule has 2 atom stereocenters. The summed E-state index contributed by atoms with van der Waals surface area (Å²) in [5.41, 5.74) is 7.61. The van der Waals surface area contributed by atoms with Crippen LogP contribution < -0.4 is 5.73 Å². The Labute approximate surface area is 131 Å². The first-order valence-electron chi connectivity index (χ1n) is 7.84. The fraction of sp³-hybridized carbons (Fsp3) is 0.444. The Hall–Kier alpha value is -2.10. The van der Waals surface area contributed by atoms with Crippen LogP contribution in [0, 0.1) is 11.8 Å². The summed E-state index contributed by atoms with van der Waals surface area (Å²) in [6, 6.07) is 9.92. The number of carbonyl (C=O) groups is 2. The van der Waals surface area contributed by atoms with E-state index in [4.69, 9.17) is 5.73 Å². The molecular weight excluding hydrogens is 278 g/mol. The molecule has 1 amide bonds. The highest BCUT2D eigenvalue weighted by molar-refractivity contribution is 5.96. The van der Waals surface area contributed by atoms with Crippen molar-refractivity contribution in [1.82, 2.24) is 0 Å². The van der Waals surface area contributed by atoms with Gasteiger partial charge in [0.05, 0.1) is 0 Å². The molecule has 0 radical (unpaired) electrons. The van der Waals surface area contributed by atoms with Gasteiger partial charge in [-0.3, -0.25) is 9.59 Å². The molecule has 0 saturated heterocycles. The number of hydrogen-bond acceptors (Lipinski definition) is 2. The molecule has 2 rings (SSSR count). The number of primary amides is 1. The highest BCUT2D eigenvalue weighted by Gasteiger charge is 2.35. The maximum atomic E-state index is 11.7. The van der Waals surface area contributed by atoms with Crippen LogP contribution in [-0.4, -0.2) is 17.0 Å². The molecule has 4 nitrogen and oxygen atoms in total. The topological polar surface area (TPSA) is 80.4 Å². The highest BCUT2D eigenvalue weighted by Crippen LogP contribution is 2.33. The molecule has 0 aromatic heterocycles. The summed E-state index contributed by atoms with van der Waals surface area (Å²) in [6.07, 6.45) is 7.51. The molecular formula is C18H23NO3. The lowest BCUT2D eigenvalue weighted by Crippen LogP contribution is -2.37. The zero-order valence-electron chi connectivity index (χ0n) is 12.7. The molecule has 0 unspecified atom stereocenters. The van der Waals surface area contributed by atoms with Crippen molar-refractivity contribution in [3.8, 4) is 0 Å². The molecule has 0 heterocycles. The average molecular weight is 301 g/mol. The molecule has 1 aromatic carbocycles. The van der Waals surface area contributed by atoms with Crippen LogP contribution in [0.5, 0.6) is 0 Å². The van der Waals surface area contributed by atoms with Crippen LogP contribution in [0.25, 0.3) is 0 Å². The predicted octanol–water partition coefficient (Wildman–Crippen LogP) is 2.92. The fourth-order valence-electron chi connectivity index (χ4n) is 3.22. The summed E-state index contributed by atoms with van der Waals surface area (Å²) in [6.45, 7) is 0. The van der Waals surface area contributed by atoms with Gasteiger partial charge in [0.25, 0.3) is 0 Å². The second kappa shape index (κ2) is 7.78. The number of hydrogen-bond donors (Lipinski definition) is 2. The first-order chi connectivity index (χ1) is 10.6. The number of carboxylic acid groups (broad SMARTS) is 1. The number of carboxylic acids is 1. The molecule has 1 aliphatic carbocycles. The standard InChI is InChI=1S/C18H23NO3/c19-17(20)16(18(21)22)15(14-9-5-2-6-10-14)12-11-13-7-3-1-4-8-13/h1,3-4,7-9,15-16H,2,5-6,10-12H2,(H2,19,20)(H,21,22)/t15-,16-/m0/s1. The Kier molecular flexibility index (Phi) is 5.75. The molecule has 1 aromatic rings. The van der Waals surface area contributed by atoms with Crippen LogP contribution in [0.2, 0.25) is 0 Å². The maximum absolute atomic E-state index is 11.7. The highest BCUT2D eigenvalue weighted by atomic mass is 16.4. The van der Waals surface area contributed by atoms with Gasteiger partial charge in [0.1, 0.15) is 5.92 Å². The molecule has 118 valence electrons. The normalized spacial score (nSPS) is 17.4. The van der Waals surface area contributed by atoms with Crippen LogP contribution in [0.4, 0.5) is 0 Å². The lowest BCUT2D eigenvalue weighted by atomic mass is 9.77. The number of nitrogens with two attached hydrogens (primary N) is 1. The Morgan fingerprint density at radius 3 is 2.45 bits per heavy atom. The van der Waals surface area contributed by atoms with Crippen molar-refractivity contribution in [2.24, 2.45) is 17.6 Å². The van der Waals surface area contributed by atoms with Crippen molar-refractivity contribution in [3.05, 3.63) is 47.5 Å². The lowest BCUT2D eigenvalue weighted by Gasteiger charge is -2.27. The van der Waals surface area contributed by atoms with Crippen molar-refractivity contribution >= 4 is 11.9 Å². The van der Waals surface area contributed by atoms with E-state index in [2.05, 4.69) is 6.08 Å². The van der Waals surface area contributed by atoms with Crippen LogP contribution in [0.1, 0.15) is 37.7 Å². The lowest BCUT2D eigenvalue weighted by molar-refractivity contribution is -0.147. The molecule has 4 heteroatoms. The number of aliphatic carboxylic acids is 1. The zero-order chi connectivity index (χ0) is 15.9. The van der Waals surface area contributed by atoms with Gasteiger partial charge in [0, 0.05) is 5.92 Å². The molecule has 0 spiro atoms. The van der Waals surface area contributed by atoms with Crippen molar-refractivity contribution in [2.75, 3.05) is 0 Å². The van der Waals surface area contributed by atoms with Gasteiger partial charge < -0.3 is 10.8 Å². The second-order valence-corrected chi connectivity index (χ2v) is 5.87. The predicted molar refractivity (Wildman–Crippen MR) is 85.1 cm³/mol. The first-order valence-corrected chi connectivity index (χ1v) is 7.84. The Morgan fingerprint density at radius 1 is 1.18 bits per heavy atom. The summed E-state index contributed by atoms with van der Waals surface area (Å²) in [7, 11) is 0. The van der Waals surface area contributed by atoms with E-state index in [1.807, 2.05) is 30.3 Å². The third-order valence-corrected chi connectivity index (χ3v) is 4.36. The number of rotatable bonds is 7. The van der Waals surface area contributed by atoms with Crippen LogP contribution in [0.3, 0.4) is 0 Å². The summed E-state index contributed by atoms with van der Waals surface area (Å²) in [4.78, 5) is 23.2. The number of allylic oxidation sites excluding steroid dienone is 2. The Morgan fingerprint density at radius 2 is 1.91 bits per heavy atom. The van der Waals surface area contributed by atoms with Gasteiger partial charge in [0.2, 0.25) is 5.91 Å². The van der Waals surface area contributed by atoms with Gasteiger partial charge in [-0.15, -0.1) is 0 Å². The fourth-order valence-corrected chi connectivity index (χ4v) is 3.22. The third kappa shape index (κ3) is 4.20. The first kappa shape index (κ1) is 16.3. The summed E-state index contributed by atoms with van der Waals surface area (Å²) in [5, 5.41) is 9.41. The van der Waals surface area contributed by atoms with Crippen molar-refractivity contribution in [1.29, 1.82) is 0 Å². The number of carbonyl (C=O) groups excluding carboxylic acids is 1. The number of aryl methyl sites for hydroxylation is 1. The van der Waals surface area contributed by atoms with E-state index in [0.717, 1.165) is 43.2 Å². The molecule has 0 fully saturated rings. The Bertz CT molecular complexity index is 537. The minimum Gasteiger partial charge on any atom is -0.481 e. The van der Waals surface area contributed by atoms with E-state index in [1.165, 1.54) is 0 Å². The van der Waals surface area contributed by atoms with E-state index in [1.54, 1.807) is 0 Å². The maximum Gasteiger partial charge on any atom is 0.316 e. The average Bonchev–Trinajstić information content (AvgIpc) is 2.52. The molecule has 1 aliphatic rings. The van der Waals surface area contributed by atoms with E-state index in [-0.39, 0.29) is 5.92 Å². The number of amides is 1. The van der Waals surface area contributed by atoms with Crippen LogP contribution >= 0.6 is 0 Å². The molecule has 3 N–H and O–H groups in total. The quantitative estimate of drug-likeness (QED) is 0.600. The summed E-state index contributed by atoms with van der Waals surface area (Å²) in [5.74, 6) is -3.28. The monoisotopic (exact) mass is 301 g/mol. The van der Waals surface area contributed by atoms with Crippen molar-refractivity contribution in [3.63, 3.8) is 0 Å². The zero-order valence-corrected chi connectivity index (χ0v) is 12.7. The minimum atomic E-state index is -1.13. The van der Waals surface area contributed by atoms with Crippen molar-refractivity contribution in [2.45, 2.75) is 38.5 Å². The van der Waals surface area contributed by atoms with Gasteiger partial charge >= 0.3 is 5.97 Å². The molecule has 0 saturated carbocycles. The summed E-state index contributed by atoms with van der Waals surface area (Å²) >= 11 is 0. The second-order valence-electron chi connectivity index (χ2n) is 5.87. The van der Waals surface area contributed by atoms with E-state index >= 15 is 0 Å². The van der Waals surface area contributed by atoms with Crippen molar-refractivity contribution < 1.29 is 14.7 Å². The van der Waals surface area contributed by atoms with Gasteiger partial charge in [-0.25, -0.2) is 0 Å². The minimum absolute atomic E-state index is 0.296. The van der Waals surface area contributed by atoms with Gasteiger partial charge in [0.15, 0.2) is 0 Å². The smallest absolute Gasteiger partial charge is 0.316 e.